The number of nitrogen functional groups attached to an aromatic ring is 1. The Morgan fingerprint density at radius 2 is 2.37 bits per heavy atom. The van der Waals surface area contributed by atoms with Gasteiger partial charge in [0.1, 0.15) is 11.3 Å². The molecule has 0 radical (unpaired) electrons. The highest BCUT2D eigenvalue weighted by atomic mass is 16.5. The lowest BCUT2D eigenvalue weighted by Crippen LogP contribution is -2.24. The summed E-state index contributed by atoms with van der Waals surface area (Å²) in [6.45, 7) is 2.72. The maximum absolute atomic E-state index is 12.2. The molecular weight excluding hydrogens is 244 g/mol. The summed E-state index contributed by atoms with van der Waals surface area (Å²) in [5.74, 6) is 0.231. The summed E-state index contributed by atoms with van der Waals surface area (Å²) in [5, 5.41) is 9.28. The van der Waals surface area contributed by atoms with E-state index in [0.717, 1.165) is 5.56 Å². The molecule has 0 aliphatic rings. The first-order valence-electron chi connectivity index (χ1n) is 5.99. The second-order valence-corrected chi connectivity index (χ2v) is 3.94. The minimum atomic E-state index is -0.261. The molecule has 0 atom stereocenters. The van der Waals surface area contributed by atoms with E-state index < -0.39 is 0 Å². The van der Waals surface area contributed by atoms with Crippen LogP contribution in [0.1, 0.15) is 22.8 Å². The predicted octanol–water partition coefficient (Wildman–Crippen LogP) is 1.32. The Morgan fingerprint density at radius 3 is 3.05 bits per heavy atom. The Labute approximate surface area is 111 Å². The van der Waals surface area contributed by atoms with Crippen molar-refractivity contribution in [2.75, 3.05) is 12.3 Å². The number of hydrogen-bond acceptors (Lipinski definition) is 4. The summed E-state index contributed by atoms with van der Waals surface area (Å²) in [4.78, 5) is 12.2. The molecule has 19 heavy (non-hydrogen) atoms. The number of nitrogens with one attached hydrogen (secondary N) is 2. The fourth-order valence-corrected chi connectivity index (χ4v) is 1.71. The fourth-order valence-electron chi connectivity index (χ4n) is 1.71. The number of nitrogens with two attached hydrogens (primary N) is 1. The van der Waals surface area contributed by atoms with Crippen molar-refractivity contribution in [1.29, 1.82) is 0 Å². The van der Waals surface area contributed by atoms with E-state index in [1.165, 1.54) is 0 Å². The van der Waals surface area contributed by atoms with Gasteiger partial charge in [-0.3, -0.25) is 9.89 Å². The number of carbonyl (C=O) groups is 1. The number of H-pyrrole nitrogens is 1. The van der Waals surface area contributed by atoms with E-state index in [1.54, 1.807) is 30.6 Å². The zero-order valence-corrected chi connectivity index (χ0v) is 10.6. The molecule has 4 N–H and O–H groups in total. The first-order chi connectivity index (χ1) is 9.22. The third-order valence-electron chi connectivity index (χ3n) is 2.59. The highest BCUT2D eigenvalue weighted by Gasteiger charge is 2.15. The molecule has 2 aromatic rings. The highest BCUT2D eigenvalue weighted by molar-refractivity contribution is 6.01. The van der Waals surface area contributed by atoms with Gasteiger partial charge in [0.15, 0.2) is 0 Å². The molecule has 1 aromatic carbocycles. The first kappa shape index (κ1) is 12.9. The van der Waals surface area contributed by atoms with Crippen LogP contribution in [0, 0.1) is 0 Å². The van der Waals surface area contributed by atoms with E-state index in [0.29, 0.717) is 30.2 Å². The van der Waals surface area contributed by atoms with Crippen LogP contribution in [-0.4, -0.2) is 22.7 Å². The van der Waals surface area contributed by atoms with E-state index in [4.69, 9.17) is 10.5 Å². The molecule has 0 unspecified atom stereocenters. The number of anilines is 1. The van der Waals surface area contributed by atoms with Crippen molar-refractivity contribution >= 4 is 11.6 Å². The third kappa shape index (κ3) is 3.04. The summed E-state index contributed by atoms with van der Waals surface area (Å²) in [5.41, 5.74) is 7.50. The molecular formula is C13H16N4O2. The number of aromatic nitrogens is 2. The van der Waals surface area contributed by atoms with Crippen LogP contribution in [-0.2, 0) is 6.54 Å². The molecule has 0 spiro atoms. The zero-order valence-electron chi connectivity index (χ0n) is 10.6. The van der Waals surface area contributed by atoms with Gasteiger partial charge in [0.2, 0.25) is 0 Å². The Hall–Kier alpha value is -2.50. The first-order valence-corrected chi connectivity index (χ1v) is 5.99. The maximum atomic E-state index is 12.2. The van der Waals surface area contributed by atoms with Gasteiger partial charge in [-0.15, -0.1) is 0 Å². The molecule has 0 fully saturated rings. The number of benzene rings is 1. The van der Waals surface area contributed by atoms with Gasteiger partial charge >= 0.3 is 0 Å². The second-order valence-electron chi connectivity index (χ2n) is 3.94. The number of hydrogen-bond donors (Lipinski definition) is 3. The molecule has 6 nitrogen and oxygen atoms in total. The van der Waals surface area contributed by atoms with Gasteiger partial charge < -0.3 is 15.8 Å². The quantitative estimate of drug-likeness (QED) is 0.707. The van der Waals surface area contributed by atoms with E-state index in [1.807, 2.05) is 6.92 Å². The van der Waals surface area contributed by atoms with Gasteiger partial charge in [0, 0.05) is 24.0 Å². The van der Waals surface area contributed by atoms with Crippen LogP contribution in [0.15, 0.2) is 30.6 Å². The number of aromatic amines is 1. The van der Waals surface area contributed by atoms with Crippen molar-refractivity contribution in [1.82, 2.24) is 15.5 Å². The van der Waals surface area contributed by atoms with Gasteiger partial charge in [-0.05, 0) is 19.1 Å². The monoisotopic (exact) mass is 260 g/mol. The van der Waals surface area contributed by atoms with E-state index >= 15 is 0 Å². The second kappa shape index (κ2) is 5.90. The molecule has 6 heteroatoms. The molecule has 1 aromatic heterocycles. The minimum Gasteiger partial charge on any atom is -0.493 e. The largest absolute Gasteiger partial charge is 0.493 e. The van der Waals surface area contributed by atoms with Crippen molar-refractivity contribution in [2.24, 2.45) is 0 Å². The van der Waals surface area contributed by atoms with E-state index in [-0.39, 0.29) is 5.91 Å². The van der Waals surface area contributed by atoms with E-state index in [2.05, 4.69) is 15.5 Å². The Balaban J connectivity index is 2.13. The summed E-state index contributed by atoms with van der Waals surface area (Å²) >= 11 is 0. The number of nitrogens with zero attached hydrogens (tertiary/aromatic N) is 1. The average molecular weight is 260 g/mol. The van der Waals surface area contributed by atoms with E-state index in [9.17, 15) is 4.79 Å². The molecule has 0 aliphatic heterocycles. The SMILES string of the molecule is CCOc1cccc(N)c1C(=O)NCc1cn[nH]c1. The Bertz CT molecular complexity index is 552. The average Bonchev–Trinajstić information content (AvgIpc) is 2.90. The smallest absolute Gasteiger partial charge is 0.257 e. The zero-order chi connectivity index (χ0) is 13.7. The molecule has 0 aliphatic carbocycles. The van der Waals surface area contributed by atoms with Crippen molar-refractivity contribution < 1.29 is 9.53 Å². The molecule has 1 heterocycles. The summed E-state index contributed by atoms with van der Waals surface area (Å²) in [6.07, 6.45) is 3.37. The van der Waals surface area contributed by atoms with Gasteiger partial charge in [-0.2, -0.15) is 5.10 Å². The number of amides is 1. The van der Waals surface area contributed by atoms with Crippen LogP contribution in [0.5, 0.6) is 5.75 Å². The van der Waals surface area contributed by atoms with Crippen LogP contribution >= 0.6 is 0 Å². The van der Waals surface area contributed by atoms with Crippen LogP contribution in [0.3, 0.4) is 0 Å². The normalized spacial score (nSPS) is 10.2. The fraction of sp³-hybridized carbons (Fsp3) is 0.231. The predicted molar refractivity (Wildman–Crippen MR) is 71.8 cm³/mol. The molecule has 0 saturated carbocycles. The van der Waals surface area contributed by atoms with Crippen LogP contribution in [0.2, 0.25) is 0 Å². The van der Waals surface area contributed by atoms with Gasteiger partial charge in [-0.1, -0.05) is 6.07 Å². The lowest BCUT2D eigenvalue weighted by molar-refractivity contribution is 0.0948. The van der Waals surface area contributed by atoms with Crippen molar-refractivity contribution in [3.8, 4) is 5.75 Å². The molecule has 0 saturated heterocycles. The number of ether oxygens (including phenoxy) is 1. The number of rotatable bonds is 5. The molecule has 100 valence electrons. The highest BCUT2D eigenvalue weighted by Crippen LogP contribution is 2.24. The lowest BCUT2D eigenvalue weighted by atomic mass is 10.1. The van der Waals surface area contributed by atoms with Crippen molar-refractivity contribution in [2.45, 2.75) is 13.5 Å². The standard InChI is InChI=1S/C13H16N4O2/c1-2-19-11-5-3-4-10(14)12(11)13(18)15-6-9-7-16-17-8-9/h3-5,7-8H,2,6,14H2,1H3,(H,15,18)(H,16,17). The maximum Gasteiger partial charge on any atom is 0.257 e. The van der Waals surface area contributed by atoms with Crippen molar-refractivity contribution in [3.05, 3.63) is 41.7 Å². The van der Waals surface area contributed by atoms with Crippen LogP contribution in [0.25, 0.3) is 0 Å². The third-order valence-corrected chi connectivity index (χ3v) is 2.59. The van der Waals surface area contributed by atoms with Crippen molar-refractivity contribution in [3.63, 3.8) is 0 Å². The van der Waals surface area contributed by atoms with Gasteiger partial charge in [0.05, 0.1) is 12.8 Å². The van der Waals surface area contributed by atoms with Gasteiger partial charge in [-0.25, -0.2) is 0 Å². The molecule has 2 rings (SSSR count). The summed E-state index contributed by atoms with van der Waals surface area (Å²) in [7, 11) is 0. The number of carbonyl (C=O) groups excluding carboxylic acids is 1. The van der Waals surface area contributed by atoms with Crippen LogP contribution in [0.4, 0.5) is 5.69 Å². The minimum absolute atomic E-state index is 0.261. The Kier molecular flexibility index (Phi) is 4.02. The summed E-state index contributed by atoms with van der Waals surface area (Å²) < 4.78 is 5.42. The van der Waals surface area contributed by atoms with Gasteiger partial charge in [0.25, 0.3) is 5.91 Å². The topological polar surface area (TPSA) is 93.0 Å². The van der Waals surface area contributed by atoms with Crippen LogP contribution < -0.4 is 15.8 Å². The molecule has 0 bridgehead atoms. The lowest BCUT2D eigenvalue weighted by Gasteiger charge is -2.12. The Morgan fingerprint density at radius 1 is 1.53 bits per heavy atom. The summed E-state index contributed by atoms with van der Waals surface area (Å²) in [6, 6.07) is 5.16. The molecule has 1 amide bonds.